The summed E-state index contributed by atoms with van der Waals surface area (Å²) in [5, 5.41) is 3.70. The van der Waals surface area contributed by atoms with Crippen molar-refractivity contribution in [1.29, 1.82) is 0 Å². The lowest BCUT2D eigenvalue weighted by Gasteiger charge is -2.20. The van der Waals surface area contributed by atoms with Crippen LogP contribution >= 0.6 is 0 Å². The molecule has 1 N–H and O–H groups in total. The van der Waals surface area contributed by atoms with E-state index in [1.165, 1.54) is 56.2 Å². The number of nitrogens with one attached hydrogen (secondary N) is 1. The van der Waals surface area contributed by atoms with Gasteiger partial charge in [0.2, 0.25) is 0 Å². The third kappa shape index (κ3) is 4.04. The number of aryl methyl sites for hydroxylation is 1. The molecule has 0 radical (unpaired) electrons. The summed E-state index contributed by atoms with van der Waals surface area (Å²) in [5.74, 6) is 0.707. The van der Waals surface area contributed by atoms with Gasteiger partial charge in [-0.2, -0.15) is 0 Å². The maximum Gasteiger partial charge on any atom is 0.0466 e. The topological polar surface area (TPSA) is 24.9 Å². The van der Waals surface area contributed by atoms with Crippen molar-refractivity contribution in [2.45, 2.75) is 70.8 Å². The minimum Gasteiger partial charge on any atom is -0.314 e. The van der Waals surface area contributed by atoms with E-state index in [1.54, 1.807) is 0 Å². The molecule has 0 spiro atoms. The van der Waals surface area contributed by atoms with Crippen molar-refractivity contribution in [3.05, 3.63) is 29.6 Å². The molecule has 1 heterocycles. The highest BCUT2D eigenvalue weighted by Crippen LogP contribution is 2.34. The van der Waals surface area contributed by atoms with Gasteiger partial charge in [0, 0.05) is 23.9 Å². The van der Waals surface area contributed by atoms with E-state index in [-0.39, 0.29) is 0 Å². The molecule has 19 heavy (non-hydrogen) atoms. The van der Waals surface area contributed by atoms with Gasteiger partial charge in [-0.15, -0.1) is 0 Å². The van der Waals surface area contributed by atoms with Crippen molar-refractivity contribution in [2.75, 3.05) is 6.54 Å². The lowest BCUT2D eigenvalue weighted by molar-refractivity contribution is 0.416. The predicted octanol–water partition coefficient (Wildman–Crippen LogP) is 4.06. The van der Waals surface area contributed by atoms with Crippen LogP contribution in [0, 0.1) is 0 Å². The molecule has 106 valence electrons. The van der Waals surface area contributed by atoms with Gasteiger partial charge in [-0.3, -0.25) is 4.98 Å². The maximum absolute atomic E-state index is 4.61. The summed E-state index contributed by atoms with van der Waals surface area (Å²) < 4.78 is 0. The lowest BCUT2D eigenvalue weighted by Crippen LogP contribution is -2.30. The minimum absolute atomic E-state index is 0.706. The van der Waals surface area contributed by atoms with Crippen molar-refractivity contribution >= 4 is 0 Å². The Morgan fingerprint density at radius 3 is 3.00 bits per heavy atom. The van der Waals surface area contributed by atoms with Crippen molar-refractivity contribution in [3.63, 3.8) is 0 Å². The molecule has 2 heteroatoms. The zero-order chi connectivity index (χ0) is 13.5. The summed E-state index contributed by atoms with van der Waals surface area (Å²) >= 11 is 0. The van der Waals surface area contributed by atoms with Crippen LogP contribution in [0.15, 0.2) is 18.3 Å². The van der Waals surface area contributed by atoms with Crippen LogP contribution in [0.25, 0.3) is 0 Å². The molecule has 0 bridgehead atoms. The summed E-state index contributed by atoms with van der Waals surface area (Å²) in [7, 11) is 0. The normalized spacial score (nSPS) is 19.4. The molecule has 1 aromatic rings. The second-order valence-electron chi connectivity index (χ2n) is 5.80. The van der Waals surface area contributed by atoms with Crippen LogP contribution in [0.4, 0.5) is 0 Å². The molecule has 2 rings (SSSR count). The highest BCUT2D eigenvalue weighted by molar-refractivity contribution is 5.28. The molecule has 2 unspecified atom stereocenters. The Hall–Kier alpha value is -0.890. The number of rotatable bonds is 8. The summed E-state index contributed by atoms with van der Waals surface area (Å²) in [6.45, 7) is 5.68. The van der Waals surface area contributed by atoms with Crippen LogP contribution in [-0.2, 0) is 6.42 Å². The van der Waals surface area contributed by atoms with E-state index < -0.39 is 0 Å². The Bertz CT molecular complexity index is 375. The predicted molar refractivity (Wildman–Crippen MR) is 81.5 cm³/mol. The highest BCUT2D eigenvalue weighted by atomic mass is 14.9. The van der Waals surface area contributed by atoms with Crippen LogP contribution in [0.3, 0.4) is 0 Å². The zero-order valence-electron chi connectivity index (χ0n) is 12.5. The van der Waals surface area contributed by atoms with Crippen LogP contribution in [0.2, 0.25) is 0 Å². The van der Waals surface area contributed by atoms with Gasteiger partial charge in [0.15, 0.2) is 0 Å². The van der Waals surface area contributed by atoms with E-state index >= 15 is 0 Å². The first kappa shape index (κ1) is 14.5. The first-order chi connectivity index (χ1) is 9.35. The van der Waals surface area contributed by atoms with E-state index in [1.807, 2.05) is 6.20 Å². The quantitative estimate of drug-likeness (QED) is 0.762. The van der Waals surface area contributed by atoms with Crippen molar-refractivity contribution in [1.82, 2.24) is 10.3 Å². The van der Waals surface area contributed by atoms with Gasteiger partial charge in [-0.25, -0.2) is 0 Å². The summed E-state index contributed by atoms with van der Waals surface area (Å²) in [4.78, 5) is 4.61. The van der Waals surface area contributed by atoms with Gasteiger partial charge in [-0.1, -0.05) is 26.3 Å². The second kappa shape index (κ2) is 7.64. The molecule has 0 amide bonds. The van der Waals surface area contributed by atoms with E-state index in [2.05, 4.69) is 36.3 Å². The molecule has 0 saturated carbocycles. The Morgan fingerprint density at radius 2 is 2.21 bits per heavy atom. The van der Waals surface area contributed by atoms with Crippen LogP contribution in [0.5, 0.6) is 0 Å². The fourth-order valence-corrected chi connectivity index (χ4v) is 3.23. The fraction of sp³-hybridized carbons (Fsp3) is 0.706. The van der Waals surface area contributed by atoms with Crippen LogP contribution in [0.1, 0.15) is 69.5 Å². The fourth-order valence-electron chi connectivity index (χ4n) is 3.23. The molecule has 0 fully saturated rings. The molecule has 2 atom stereocenters. The SMILES string of the molecule is CCCNC(CCC)CCC1CCc2cccnc21. The average molecular weight is 260 g/mol. The number of pyridine rings is 1. The molecule has 1 aliphatic rings. The van der Waals surface area contributed by atoms with Crippen LogP contribution < -0.4 is 5.32 Å². The number of hydrogen-bond acceptors (Lipinski definition) is 2. The van der Waals surface area contributed by atoms with E-state index in [9.17, 15) is 0 Å². The molecular formula is C17H28N2. The van der Waals surface area contributed by atoms with Gasteiger partial charge in [-0.05, 0) is 56.7 Å². The number of aromatic nitrogens is 1. The molecule has 0 aromatic carbocycles. The van der Waals surface area contributed by atoms with E-state index in [0.29, 0.717) is 12.0 Å². The van der Waals surface area contributed by atoms with Crippen molar-refractivity contribution in [2.24, 2.45) is 0 Å². The first-order valence-corrected chi connectivity index (χ1v) is 8.02. The van der Waals surface area contributed by atoms with Gasteiger partial charge in [0.25, 0.3) is 0 Å². The number of fused-ring (bicyclic) bond motifs is 1. The Morgan fingerprint density at radius 1 is 1.32 bits per heavy atom. The molecular weight excluding hydrogens is 232 g/mol. The molecule has 0 saturated heterocycles. The average Bonchev–Trinajstić information content (AvgIpc) is 2.85. The number of nitrogens with zero attached hydrogens (tertiary/aromatic N) is 1. The largest absolute Gasteiger partial charge is 0.314 e. The van der Waals surface area contributed by atoms with Crippen molar-refractivity contribution in [3.8, 4) is 0 Å². The first-order valence-electron chi connectivity index (χ1n) is 8.02. The summed E-state index contributed by atoms with van der Waals surface area (Å²) in [5.41, 5.74) is 2.87. The third-order valence-corrected chi connectivity index (χ3v) is 4.26. The number of hydrogen-bond donors (Lipinski definition) is 1. The standard InChI is InChI=1S/C17H28N2/c1-3-6-16(18-12-4-2)11-10-15-9-8-14-7-5-13-19-17(14)15/h5,7,13,15-16,18H,3-4,6,8-12H2,1-2H3. The maximum atomic E-state index is 4.61. The van der Waals surface area contributed by atoms with Gasteiger partial charge >= 0.3 is 0 Å². The molecule has 1 aliphatic carbocycles. The lowest BCUT2D eigenvalue weighted by atomic mass is 9.95. The highest BCUT2D eigenvalue weighted by Gasteiger charge is 2.23. The van der Waals surface area contributed by atoms with Crippen molar-refractivity contribution < 1.29 is 0 Å². The summed E-state index contributed by atoms with van der Waals surface area (Å²) in [6, 6.07) is 5.03. The Labute approximate surface area is 118 Å². The minimum atomic E-state index is 0.706. The third-order valence-electron chi connectivity index (χ3n) is 4.26. The smallest absolute Gasteiger partial charge is 0.0466 e. The zero-order valence-corrected chi connectivity index (χ0v) is 12.5. The van der Waals surface area contributed by atoms with Crippen LogP contribution in [-0.4, -0.2) is 17.6 Å². The van der Waals surface area contributed by atoms with Gasteiger partial charge in [0.1, 0.15) is 0 Å². The Balaban J connectivity index is 1.84. The van der Waals surface area contributed by atoms with E-state index in [4.69, 9.17) is 0 Å². The second-order valence-corrected chi connectivity index (χ2v) is 5.80. The Kier molecular flexibility index (Phi) is 5.84. The van der Waals surface area contributed by atoms with Gasteiger partial charge < -0.3 is 5.32 Å². The summed E-state index contributed by atoms with van der Waals surface area (Å²) in [6.07, 6.45) is 10.9. The molecule has 1 aromatic heterocycles. The molecule has 0 aliphatic heterocycles. The van der Waals surface area contributed by atoms with Gasteiger partial charge in [0.05, 0.1) is 0 Å². The molecule has 2 nitrogen and oxygen atoms in total. The van der Waals surface area contributed by atoms with E-state index in [0.717, 1.165) is 6.54 Å². The monoisotopic (exact) mass is 260 g/mol.